The minimum Gasteiger partial charge on any atom is -0.313 e. The summed E-state index contributed by atoms with van der Waals surface area (Å²) in [6.07, 6.45) is 5.47. The second-order valence-corrected chi connectivity index (χ2v) is 5.08. The number of hydrogen-bond donors (Lipinski definition) is 1. The van der Waals surface area contributed by atoms with E-state index in [-0.39, 0.29) is 0 Å². The first-order valence-electron chi connectivity index (χ1n) is 5.99. The number of rotatable bonds is 6. The summed E-state index contributed by atoms with van der Waals surface area (Å²) >= 11 is 1.75. The van der Waals surface area contributed by atoms with E-state index < -0.39 is 0 Å². The number of nitrogens with zero attached hydrogens (tertiary/aromatic N) is 1. The van der Waals surface area contributed by atoms with Crippen LogP contribution in [-0.4, -0.2) is 12.0 Å². The van der Waals surface area contributed by atoms with Crippen LogP contribution in [0.15, 0.2) is 42.0 Å². The summed E-state index contributed by atoms with van der Waals surface area (Å²) in [6, 6.07) is 11.1. The van der Waals surface area contributed by atoms with Crippen molar-refractivity contribution >= 4 is 11.3 Å². The van der Waals surface area contributed by atoms with Crippen molar-refractivity contribution in [1.82, 2.24) is 10.3 Å². The van der Waals surface area contributed by atoms with E-state index in [4.69, 9.17) is 0 Å². The lowest BCUT2D eigenvalue weighted by Crippen LogP contribution is -2.16. The van der Waals surface area contributed by atoms with Gasteiger partial charge in [-0.15, -0.1) is 11.3 Å². The molecule has 0 fully saturated rings. The standard InChI is InChI=1S/C14H18N2S/c1-15-14(12-6-3-2-4-7-12)9-5-8-13-10-16-11-17-13/h2-4,6-7,10-11,14-15H,5,8-9H2,1H3. The summed E-state index contributed by atoms with van der Waals surface area (Å²) in [5.74, 6) is 0. The molecule has 0 radical (unpaired) electrons. The van der Waals surface area contributed by atoms with E-state index in [0.717, 1.165) is 6.42 Å². The zero-order chi connectivity index (χ0) is 11.9. The molecule has 0 saturated carbocycles. The van der Waals surface area contributed by atoms with E-state index in [1.807, 2.05) is 18.8 Å². The number of benzene rings is 1. The third-order valence-electron chi connectivity index (χ3n) is 2.95. The highest BCUT2D eigenvalue weighted by atomic mass is 32.1. The van der Waals surface area contributed by atoms with E-state index in [1.165, 1.54) is 23.3 Å². The Morgan fingerprint density at radius 1 is 1.29 bits per heavy atom. The summed E-state index contributed by atoms with van der Waals surface area (Å²) in [4.78, 5) is 5.48. The fourth-order valence-corrected chi connectivity index (χ4v) is 2.65. The number of hydrogen-bond acceptors (Lipinski definition) is 3. The number of nitrogens with one attached hydrogen (secondary N) is 1. The van der Waals surface area contributed by atoms with Gasteiger partial charge in [0.05, 0.1) is 5.51 Å². The van der Waals surface area contributed by atoms with Crippen LogP contribution in [-0.2, 0) is 6.42 Å². The van der Waals surface area contributed by atoms with Crippen LogP contribution in [0.1, 0.15) is 29.3 Å². The highest BCUT2D eigenvalue weighted by Crippen LogP contribution is 2.19. The van der Waals surface area contributed by atoms with E-state index in [9.17, 15) is 0 Å². The summed E-state index contributed by atoms with van der Waals surface area (Å²) in [5, 5.41) is 3.39. The van der Waals surface area contributed by atoms with Crippen LogP contribution in [0.4, 0.5) is 0 Å². The van der Waals surface area contributed by atoms with Gasteiger partial charge in [-0.05, 0) is 31.9 Å². The molecule has 0 bridgehead atoms. The maximum Gasteiger partial charge on any atom is 0.0794 e. The summed E-state index contributed by atoms with van der Waals surface area (Å²) < 4.78 is 0. The highest BCUT2D eigenvalue weighted by Gasteiger charge is 2.08. The van der Waals surface area contributed by atoms with Gasteiger partial charge in [0.15, 0.2) is 0 Å². The highest BCUT2D eigenvalue weighted by molar-refractivity contribution is 7.09. The average Bonchev–Trinajstić information content (AvgIpc) is 2.89. The lowest BCUT2D eigenvalue weighted by atomic mass is 10.0. The second-order valence-electron chi connectivity index (χ2n) is 4.11. The molecule has 0 saturated heterocycles. The summed E-state index contributed by atoms with van der Waals surface area (Å²) in [6.45, 7) is 0. The monoisotopic (exact) mass is 246 g/mol. The number of thiazole rings is 1. The van der Waals surface area contributed by atoms with Crippen LogP contribution in [0.5, 0.6) is 0 Å². The van der Waals surface area contributed by atoms with Gasteiger partial charge < -0.3 is 5.32 Å². The van der Waals surface area contributed by atoms with Gasteiger partial charge in [0.2, 0.25) is 0 Å². The number of aromatic nitrogens is 1. The molecular formula is C14H18N2S. The van der Waals surface area contributed by atoms with Crippen LogP contribution in [0, 0.1) is 0 Å². The van der Waals surface area contributed by atoms with Crippen molar-refractivity contribution in [2.24, 2.45) is 0 Å². The van der Waals surface area contributed by atoms with Crippen LogP contribution in [0.25, 0.3) is 0 Å². The molecule has 1 N–H and O–H groups in total. The lowest BCUT2D eigenvalue weighted by Gasteiger charge is -2.16. The Morgan fingerprint density at radius 2 is 2.12 bits per heavy atom. The molecule has 0 aliphatic carbocycles. The third kappa shape index (κ3) is 3.65. The van der Waals surface area contributed by atoms with E-state index in [2.05, 4.69) is 40.6 Å². The van der Waals surface area contributed by atoms with Gasteiger partial charge in [0.1, 0.15) is 0 Å². The molecule has 2 nitrogen and oxygen atoms in total. The Labute approximate surface area is 107 Å². The third-order valence-corrected chi connectivity index (χ3v) is 3.79. The predicted octanol–water partition coefficient (Wildman–Crippen LogP) is 3.43. The molecule has 1 aromatic carbocycles. The van der Waals surface area contributed by atoms with Gasteiger partial charge in [-0.1, -0.05) is 30.3 Å². The molecule has 0 aliphatic heterocycles. The van der Waals surface area contributed by atoms with Gasteiger partial charge in [0.25, 0.3) is 0 Å². The smallest absolute Gasteiger partial charge is 0.0794 e. The second kappa shape index (κ2) is 6.52. The summed E-state index contributed by atoms with van der Waals surface area (Å²) in [7, 11) is 2.03. The minimum atomic E-state index is 0.462. The maximum atomic E-state index is 4.10. The van der Waals surface area contributed by atoms with Gasteiger partial charge in [-0.3, -0.25) is 4.98 Å². The Balaban J connectivity index is 1.84. The van der Waals surface area contributed by atoms with Crippen molar-refractivity contribution in [2.45, 2.75) is 25.3 Å². The average molecular weight is 246 g/mol. The van der Waals surface area contributed by atoms with Gasteiger partial charge in [-0.2, -0.15) is 0 Å². The maximum absolute atomic E-state index is 4.10. The molecule has 1 atom stereocenters. The van der Waals surface area contributed by atoms with Gasteiger partial charge in [0, 0.05) is 17.1 Å². The molecule has 3 heteroatoms. The van der Waals surface area contributed by atoms with Crippen molar-refractivity contribution in [3.8, 4) is 0 Å². The van der Waals surface area contributed by atoms with Crippen molar-refractivity contribution < 1.29 is 0 Å². The zero-order valence-electron chi connectivity index (χ0n) is 10.1. The van der Waals surface area contributed by atoms with Crippen LogP contribution >= 0.6 is 11.3 Å². The minimum absolute atomic E-state index is 0.462. The molecule has 0 amide bonds. The fourth-order valence-electron chi connectivity index (χ4n) is 2.01. The molecular weight excluding hydrogens is 228 g/mol. The molecule has 2 aromatic rings. The Hall–Kier alpha value is -1.19. The molecule has 1 aromatic heterocycles. The predicted molar refractivity (Wildman–Crippen MR) is 73.3 cm³/mol. The Morgan fingerprint density at radius 3 is 2.76 bits per heavy atom. The SMILES string of the molecule is CNC(CCCc1cncs1)c1ccccc1. The molecule has 90 valence electrons. The zero-order valence-corrected chi connectivity index (χ0v) is 10.9. The molecule has 1 heterocycles. The van der Waals surface area contributed by atoms with Crippen molar-refractivity contribution in [2.75, 3.05) is 7.05 Å². The fraction of sp³-hybridized carbons (Fsp3) is 0.357. The topological polar surface area (TPSA) is 24.9 Å². The van der Waals surface area contributed by atoms with Gasteiger partial charge in [-0.25, -0.2) is 0 Å². The van der Waals surface area contributed by atoms with Crippen molar-refractivity contribution in [1.29, 1.82) is 0 Å². The van der Waals surface area contributed by atoms with E-state index >= 15 is 0 Å². The van der Waals surface area contributed by atoms with Crippen molar-refractivity contribution in [3.63, 3.8) is 0 Å². The number of aryl methyl sites for hydroxylation is 1. The van der Waals surface area contributed by atoms with E-state index in [0.29, 0.717) is 6.04 Å². The normalized spacial score (nSPS) is 12.5. The Bertz CT molecular complexity index is 411. The molecule has 17 heavy (non-hydrogen) atoms. The van der Waals surface area contributed by atoms with Gasteiger partial charge >= 0.3 is 0 Å². The van der Waals surface area contributed by atoms with Crippen LogP contribution in [0.2, 0.25) is 0 Å². The lowest BCUT2D eigenvalue weighted by molar-refractivity contribution is 0.528. The summed E-state index contributed by atoms with van der Waals surface area (Å²) in [5.41, 5.74) is 3.28. The van der Waals surface area contributed by atoms with Crippen LogP contribution in [0.3, 0.4) is 0 Å². The largest absolute Gasteiger partial charge is 0.313 e. The first kappa shape index (κ1) is 12.3. The van der Waals surface area contributed by atoms with Crippen LogP contribution < -0.4 is 5.32 Å². The first-order chi connectivity index (χ1) is 8.40. The quantitative estimate of drug-likeness (QED) is 0.844. The molecule has 2 rings (SSSR count). The van der Waals surface area contributed by atoms with E-state index in [1.54, 1.807) is 11.3 Å². The first-order valence-corrected chi connectivity index (χ1v) is 6.87. The Kier molecular flexibility index (Phi) is 4.71. The molecule has 0 spiro atoms. The molecule has 1 unspecified atom stereocenters. The molecule has 0 aliphatic rings. The van der Waals surface area contributed by atoms with Crippen molar-refractivity contribution in [3.05, 3.63) is 52.5 Å².